The Morgan fingerprint density at radius 2 is 1.61 bits per heavy atom. The lowest BCUT2D eigenvalue weighted by Gasteiger charge is -2.32. The van der Waals surface area contributed by atoms with Crippen molar-refractivity contribution in [1.29, 1.82) is 0 Å². The Labute approximate surface area is 215 Å². The van der Waals surface area contributed by atoms with Crippen LogP contribution in [0.3, 0.4) is 0 Å². The zero-order chi connectivity index (χ0) is 26.0. The van der Waals surface area contributed by atoms with Crippen LogP contribution in [0, 0.1) is 5.82 Å². The van der Waals surface area contributed by atoms with Gasteiger partial charge in [-0.3, -0.25) is 4.90 Å². The normalized spacial score (nSPS) is 17.3. The first kappa shape index (κ1) is 26.9. The highest BCUT2D eigenvalue weighted by atomic mass is 35.5. The van der Waals surface area contributed by atoms with Gasteiger partial charge in [-0.2, -0.15) is 13.2 Å². The molecule has 2 aromatic rings. The van der Waals surface area contributed by atoms with Crippen molar-refractivity contribution in [2.45, 2.75) is 57.0 Å². The van der Waals surface area contributed by atoms with Gasteiger partial charge >= 0.3 is 18.1 Å². The summed E-state index contributed by atoms with van der Waals surface area (Å²) < 4.78 is 61.8. The van der Waals surface area contributed by atoms with Crippen LogP contribution in [-0.4, -0.2) is 42.2 Å². The lowest BCUT2D eigenvalue weighted by atomic mass is 9.98. The largest absolute Gasteiger partial charge is 0.491 e. The van der Waals surface area contributed by atoms with Crippen LogP contribution in [-0.2, 0) is 27.4 Å². The average Bonchev–Trinajstić information content (AvgIpc) is 3.63. The Morgan fingerprint density at radius 1 is 0.972 bits per heavy atom. The third kappa shape index (κ3) is 6.97. The van der Waals surface area contributed by atoms with Crippen molar-refractivity contribution < 1.29 is 36.6 Å². The standard InChI is InChI=1S/C25H23Cl2F4NO4/c26-17-7-14(8-18(27)10-17)13-35-19-3-5-32(6-4-19)12-16-9-22(28)21(11-20(16)15-1-2-15)23(33)36-24(34)25(29,30)31/h7-11,15,19H,1-6,12-13H2. The number of carbonyl (C=O) groups is 2. The molecule has 0 unspecified atom stereocenters. The van der Waals surface area contributed by atoms with Gasteiger partial charge < -0.3 is 9.47 Å². The van der Waals surface area contributed by atoms with E-state index >= 15 is 0 Å². The molecule has 1 saturated carbocycles. The van der Waals surface area contributed by atoms with Crippen LogP contribution in [0.15, 0.2) is 30.3 Å². The molecule has 194 valence electrons. The van der Waals surface area contributed by atoms with Crippen molar-refractivity contribution in [3.8, 4) is 0 Å². The Bertz CT molecular complexity index is 1130. The highest BCUT2D eigenvalue weighted by molar-refractivity contribution is 6.34. The van der Waals surface area contributed by atoms with E-state index in [2.05, 4.69) is 9.64 Å². The minimum Gasteiger partial charge on any atom is -0.383 e. The van der Waals surface area contributed by atoms with Crippen molar-refractivity contribution in [1.82, 2.24) is 4.90 Å². The van der Waals surface area contributed by atoms with E-state index in [-0.39, 0.29) is 12.0 Å². The third-order valence-electron chi connectivity index (χ3n) is 6.22. The number of esters is 2. The van der Waals surface area contributed by atoms with Crippen molar-refractivity contribution in [3.05, 3.63) is 68.4 Å². The van der Waals surface area contributed by atoms with E-state index in [9.17, 15) is 27.2 Å². The van der Waals surface area contributed by atoms with Gasteiger partial charge in [0.1, 0.15) is 5.82 Å². The monoisotopic (exact) mass is 547 g/mol. The number of ether oxygens (including phenoxy) is 2. The molecular weight excluding hydrogens is 525 g/mol. The lowest BCUT2D eigenvalue weighted by molar-refractivity contribution is -0.193. The van der Waals surface area contributed by atoms with Crippen LogP contribution >= 0.6 is 23.2 Å². The number of likely N-dealkylation sites (tertiary alicyclic amines) is 1. The van der Waals surface area contributed by atoms with E-state index in [1.54, 1.807) is 18.2 Å². The second-order valence-electron chi connectivity index (χ2n) is 9.04. The van der Waals surface area contributed by atoms with Crippen LogP contribution in [0.25, 0.3) is 0 Å². The summed E-state index contributed by atoms with van der Waals surface area (Å²) in [5.74, 6) is -5.25. The van der Waals surface area contributed by atoms with Gasteiger partial charge in [0, 0.05) is 29.7 Å². The number of halogens is 6. The lowest BCUT2D eigenvalue weighted by Crippen LogP contribution is -2.36. The SMILES string of the molecule is O=C(OC(=O)C(F)(F)F)c1cc(C2CC2)c(CN2CCC(OCc3cc(Cl)cc(Cl)c3)CC2)cc1F. The maximum atomic E-state index is 14.7. The molecule has 0 amide bonds. The maximum Gasteiger partial charge on any atom is 0.491 e. The van der Waals surface area contributed by atoms with Crippen molar-refractivity contribution in [3.63, 3.8) is 0 Å². The molecule has 1 aliphatic heterocycles. The highest BCUT2D eigenvalue weighted by Crippen LogP contribution is 2.43. The fourth-order valence-corrected chi connectivity index (χ4v) is 4.85. The molecule has 2 aliphatic rings. The van der Waals surface area contributed by atoms with Gasteiger partial charge in [0.15, 0.2) is 0 Å². The van der Waals surface area contributed by atoms with Crippen molar-refractivity contribution in [2.75, 3.05) is 13.1 Å². The number of benzene rings is 2. The van der Waals surface area contributed by atoms with Gasteiger partial charge in [-0.1, -0.05) is 23.2 Å². The molecule has 0 bridgehead atoms. The first-order valence-electron chi connectivity index (χ1n) is 11.4. The summed E-state index contributed by atoms with van der Waals surface area (Å²) in [6, 6.07) is 7.64. The molecule has 1 aliphatic carbocycles. The summed E-state index contributed by atoms with van der Waals surface area (Å²) in [5, 5.41) is 1.08. The van der Waals surface area contributed by atoms with E-state index in [1.165, 1.54) is 6.07 Å². The molecule has 1 saturated heterocycles. The smallest absolute Gasteiger partial charge is 0.383 e. The molecule has 11 heteroatoms. The van der Waals surface area contributed by atoms with E-state index in [0.29, 0.717) is 47.4 Å². The van der Waals surface area contributed by atoms with Crippen LogP contribution in [0.5, 0.6) is 0 Å². The summed E-state index contributed by atoms with van der Waals surface area (Å²) in [6.45, 7) is 2.22. The van der Waals surface area contributed by atoms with Crippen molar-refractivity contribution >= 4 is 35.1 Å². The minimum atomic E-state index is -5.34. The number of hydrogen-bond donors (Lipinski definition) is 0. The molecule has 5 nitrogen and oxygen atoms in total. The number of alkyl halides is 3. The highest BCUT2D eigenvalue weighted by Gasteiger charge is 2.43. The number of rotatable bonds is 7. The van der Waals surface area contributed by atoms with Crippen LogP contribution < -0.4 is 0 Å². The van der Waals surface area contributed by atoms with Crippen LogP contribution in [0.1, 0.15) is 58.6 Å². The summed E-state index contributed by atoms with van der Waals surface area (Å²) in [7, 11) is 0. The minimum absolute atomic E-state index is 0.0435. The van der Waals surface area contributed by atoms with Gasteiger partial charge in [-0.15, -0.1) is 0 Å². The molecule has 36 heavy (non-hydrogen) atoms. The predicted octanol–water partition coefficient (Wildman–Crippen LogP) is 6.44. The molecule has 1 heterocycles. The fourth-order valence-electron chi connectivity index (χ4n) is 4.28. The molecular formula is C25H23Cl2F4NO4. The first-order valence-corrected chi connectivity index (χ1v) is 12.2. The quantitative estimate of drug-likeness (QED) is 0.227. The van der Waals surface area contributed by atoms with E-state index in [1.807, 2.05) is 0 Å². The van der Waals surface area contributed by atoms with Crippen LogP contribution in [0.2, 0.25) is 10.0 Å². The number of nitrogens with zero attached hydrogens (tertiary/aromatic N) is 1. The topological polar surface area (TPSA) is 55.8 Å². The molecule has 0 N–H and O–H groups in total. The second-order valence-corrected chi connectivity index (χ2v) is 9.92. The Kier molecular flexibility index (Phi) is 8.24. The molecule has 0 radical (unpaired) electrons. The van der Waals surface area contributed by atoms with Gasteiger partial charge in [0.2, 0.25) is 0 Å². The van der Waals surface area contributed by atoms with E-state index < -0.39 is 29.5 Å². The molecule has 0 atom stereocenters. The molecule has 2 aromatic carbocycles. The predicted molar refractivity (Wildman–Crippen MR) is 124 cm³/mol. The summed E-state index contributed by atoms with van der Waals surface area (Å²) >= 11 is 12.1. The number of hydrogen-bond acceptors (Lipinski definition) is 5. The first-order chi connectivity index (χ1) is 17.0. The zero-order valence-electron chi connectivity index (χ0n) is 19.0. The average molecular weight is 548 g/mol. The molecule has 0 aromatic heterocycles. The zero-order valence-corrected chi connectivity index (χ0v) is 20.6. The van der Waals surface area contributed by atoms with E-state index in [0.717, 1.165) is 37.3 Å². The van der Waals surface area contributed by atoms with Gasteiger partial charge in [0.05, 0.1) is 18.3 Å². The van der Waals surface area contributed by atoms with Crippen LogP contribution in [0.4, 0.5) is 17.6 Å². The summed E-state index contributed by atoms with van der Waals surface area (Å²) in [4.78, 5) is 25.2. The molecule has 4 rings (SSSR count). The number of piperidine rings is 1. The molecule has 2 fully saturated rings. The maximum absolute atomic E-state index is 14.7. The molecule has 0 spiro atoms. The second kappa shape index (κ2) is 11.0. The summed E-state index contributed by atoms with van der Waals surface area (Å²) in [6.07, 6.45) is -2.11. The number of carbonyl (C=O) groups excluding carboxylic acids is 2. The fraction of sp³-hybridized carbons (Fsp3) is 0.440. The Hall–Kier alpha value is -2.20. The Morgan fingerprint density at radius 3 is 2.19 bits per heavy atom. The Balaban J connectivity index is 1.36. The van der Waals surface area contributed by atoms with Crippen molar-refractivity contribution in [2.24, 2.45) is 0 Å². The third-order valence-corrected chi connectivity index (χ3v) is 6.66. The summed E-state index contributed by atoms with van der Waals surface area (Å²) in [5.41, 5.74) is 1.57. The van der Waals surface area contributed by atoms with Gasteiger partial charge in [0.25, 0.3) is 0 Å². The van der Waals surface area contributed by atoms with E-state index in [4.69, 9.17) is 27.9 Å². The van der Waals surface area contributed by atoms with Gasteiger partial charge in [-0.25, -0.2) is 14.0 Å². The van der Waals surface area contributed by atoms with Gasteiger partial charge in [-0.05, 0) is 78.6 Å².